The molecule has 2 fully saturated rings. The molecule has 3 nitrogen and oxygen atoms in total. The van der Waals surface area contributed by atoms with Crippen LogP contribution in [0.1, 0.15) is 52.7 Å². The van der Waals surface area contributed by atoms with Crippen molar-refractivity contribution < 1.29 is 4.79 Å². The molecule has 3 heteroatoms. The Morgan fingerprint density at radius 1 is 1.00 bits per heavy atom. The van der Waals surface area contributed by atoms with Gasteiger partial charge in [-0.3, -0.25) is 9.69 Å². The van der Waals surface area contributed by atoms with Gasteiger partial charge in [0.05, 0.1) is 0 Å². The molecule has 1 amide bonds. The molecule has 5 rings (SSSR count). The SMILES string of the molecule is O=C(N[C@@H]1C[C@H]2CC[C@H]1C2)c1ccc(CN2CCc3ccccc3C2)cc1. The molecule has 0 saturated heterocycles. The number of nitrogens with zero attached hydrogens (tertiary/aromatic N) is 1. The third kappa shape index (κ3) is 3.53. The van der Waals surface area contributed by atoms with E-state index in [1.54, 1.807) is 0 Å². The molecular weight excluding hydrogens is 332 g/mol. The highest BCUT2D eigenvalue weighted by molar-refractivity contribution is 5.94. The van der Waals surface area contributed by atoms with Crippen LogP contribution < -0.4 is 5.32 Å². The quantitative estimate of drug-likeness (QED) is 0.888. The van der Waals surface area contributed by atoms with Crippen LogP contribution in [-0.4, -0.2) is 23.4 Å². The maximum absolute atomic E-state index is 12.6. The fourth-order valence-corrected chi connectivity index (χ4v) is 5.38. The molecule has 140 valence electrons. The van der Waals surface area contributed by atoms with Gasteiger partial charge < -0.3 is 5.32 Å². The Labute approximate surface area is 161 Å². The Morgan fingerprint density at radius 3 is 2.56 bits per heavy atom. The first-order chi connectivity index (χ1) is 13.2. The molecule has 1 heterocycles. The largest absolute Gasteiger partial charge is 0.349 e. The van der Waals surface area contributed by atoms with E-state index in [9.17, 15) is 4.79 Å². The molecule has 0 spiro atoms. The van der Waals surface area contributed by atoms with Gasteiger partial charge in [-0.15, -0.1) is 0 Å². The van der Waals surface area contributed by atoms with E-state index in [0.29, 0.717) is 6.04 Å². The van der Waals surface area contributed by atoms with Crippen LogP contribution in [0.15, 0.2) is 48.5 Å². The standard InChI is InChI=1S/C24H28N2O/c27-24(25-23-14-18-7-10-21(23)13-18)20-8-5-17(6-9-20)15-26-12-11-19-3-1-2-4-22(19)16-26/h1-6,8-9,18,21,23H,7,10-16H2,(H,25,27)/t18-,21-,23+/m0/s1. The van der Waals surface area contributed by atoms with E-state index in [4.69, 9.17) is 0 Å². The number of fused-ring (bicyclic) bond motifs is 3. The molecule has 1 N–H and O–H groups in total. The van der Waals surface area contributed by atoms with Gasteiger partial charge in [0.2, 0.25) is 0 Å². The Bertz CT molecular complexity index is 829. The molecular formula is C24H28N2O. The van der Waals surface area contributed by atoms with Crippen molar-refractivity contribution in [3.05, 3.63) is 70.8 Å². The van der Waals surface area contributed by atoms with Gasteiger partial charge in [0.1, 0.15) is 0 Å². The summed E-state index contributed by atoms with van der Waals surface area (Å²) in [6, 6.07) is 17.4. The van der Waals surface area contributed by atoms with Crippen LogP contribution in [0, 0.1) is 11.8 Å². The number of hydrogen-bond acceptors (Lipinski definition) is 2. The average Bonchev–Trinajstić information content (AvgIpc) is 3.31. The minimum absolute atomic E-state index is 0.103. The minimum Gasteiger partial charge on any atom is -0.349 e. The molecule has 2 aromatic carbocycles. The molecule has 2 aliphatic carbocycles. The van der Waals surface area contributed by atoms with Crippen molar-refractivity contribution in [2.75, 3.05) is 6.54 Å². The number of nitrogens with one attached hydrogen (secondary N) is 1. The van der Waals surface area contributed by atoms with E-state index in [2.05, 4.69) is 46.6 Å². The van der Waals surface area contributed by atoms with Crippen LogP contribution in [0.2, 0.25) is 0 Å². The Kier molecular flexibility index (Phi) is 4.48. The van der Waals surface area contributed by atoms with Gasteiger partial charge in [-0.25, -0.2) is 0 Å². The van der Waals surface area contributed by atoms with Crippen LogP contribution >= 0.6 is 0 Å². The summed E-state index contributed by atoms with van der Waals surface area (Å²) in [4.78, 5) is 15.1. The predicted molar refractivity (Wildman–Crippen MR) is 107 cm³/mol. The number of carbonyl (C=O) groups is 1. The highest BCUT2D eigenvalue weighted by Crippen LogP contribution is 2.44. The van der Waals surface area contributed by atoms with Gasteiger partial charge in [0.15, 0.2) is 0 Å². The molecule has 27 heavy (non-hydrogen) atoms. The van der Waals surface area contributed by atoms with Crippen LogP contribution in [0.4, 0.5) is 0 Å². The van der Waals surface area contributed by atoms with Crippen molar-refractivity contribution in [1.82, 2.24) is 10.2 Å². The molecule has 3 atom stereocenters. The summed E-state index contributed by atoms with van der Waals surface area (Å²) in [5, 5.41) is 3.29. The van der Waals surface area contributed by atoms with Gasteiger partial charge in [-0.05, 0) is 66.3 Å². The zero-order valence-electron chi connectivity index (χ0n) is 15.9. The Hall–Kier alpha value is -2.13. The Balaban J connectivity index is 1.19. The highest BCUT2D eigenvalue weighted by atomic mass is 16.1. The molecule has 2 saturated carbocycles. The lowest BCUT2D eigenvalue weighted by molar-refractivity contribution is 0.0923. The van der Waals surface area contributed by atoms with E-state index in [1.165, 1.54) is 42.4 Å². The second-order valence-corrected chi connectivity index (χ2v) is 8.68. The summed E-state index contributed by atoms with van der Waals surface area (Å²) in [5.41, 5.74) is 5.02. The molecule has 0 aromatic heterocycles. The van der Waals surface area contributed by atoms with E-state index < -0.39 is 0 Å². The summed E-state index contributed by atoms with van der Waals surface area (Å²) >= 11 is 0. The maximum Gasteiger partial charge on any atom is 0.251 e. The zero-order chi connectivity index (χ0) is 18.2. The Morgan fingerprint density at radius 2 is 1.81 bits per heavy atom. The van der Waals surface area contributed by atoms with Crippen molar-refractivity contribution in [1.29, 1.82) is 0 Å². The second kappa shape index (κ2) is 7.12. The predicted octanol–water partition coefficient (Wildman–Crippen LogP) is 4.16. The lowest BCUT2D eigenvalue weighted by Crippen LogP contribution is -2.38. The first-order valence-electron chi connectivity index (χ1n) is 10.4. The fourth-order valence-electron chi connectivity index (χ4n) is 5.38. The van der Waals surface area contributed by atoms with E-state index in [1.807, 2.05) is 12.1 Å². The molecule has 1 aliphatic heterocycles. The third-order valence-electron chi connectivity index (χ3n) is 6.89. The highest BCUT2D eigenvalue weighted by Gasteiger charge is 2.40. The van der Waals surface area contributed by atoms with Gasteiger partial charge in [-0.2, -0.15) is 0 Å². The first kappa shape index (κ1) is 17.0. The monoisotopic (exact) mass is 360 g/mol. The normalized spacial score (nSPS) is 26.7. The lowest BCUT2D eigenvalue weighted by Gasteiger charge is -2.28. The summed E-state index contributed by atoms with van der Waals surface area (Å²) in [7, 11) is 0. The smallest absolute Gasteiger partial charge is 0.251 e. The van der Waals surface area contributed by atoms with Crippen molar-refractivity contribution in [3.63, 3.8) is 0 Å². The van der Waals surface area contributed by atoms with Crippen molar-refractivity contribution in [2.24, 2.45) is 11.8 Å². The molecule has 2 aromatic rings. The van der Waals surface area contributed by atoms with Crippen molar-refractivity contribution >= 4 is 5.91 Å². The van der Waals surface area contributed by atoms with E-state index in [-0.39, 0.29) is 5.91 Å². The second-order valence-electron chi connectivity index (χ2n) is 8.68. The lowest BCUT2D eigenvalue weighted by atomic mass is 9.95. The van der Waals surface area contributed by atoms with Gasteiger partial charge in [0.25, 0.3) is 5.91 Å². The topological polar surface area (TPSA) is 32.3 Å². The van der Waals surface area contributed by atoms with Crippen LogP contribution in [0.5, 0.6) is 0 Å². The molecule has 0 radical (unpaired) electrons. The van der Waals surface area contributed by atoms with Crippen molar-refractivity contribution in [3.8, 4) is 0 Å². The average molecular weight is 361 g/mol. The van der Waals surface area contributed by atoms with Gasteiger partial charge in [0, 0.05) is 31.2 Å². The van der Waals surface area contributed by atoms with Gasteiger partial charge in [-0.1, -0.05) is 42.8 Å². The van der Waals surface area contributed by atoms with Gasteiger partial charge >= 0.3 is 0 Å². The van der Waals surface area contributed by atoms with Crippen LogP contribution in [0.3, 0.4) is 0 Å². The summed E-state index contributed by atoms with van der Waals surface area (Å²) in [5.74, 6) is 1.68. The minimum atomic E-state index is 0.103. The van der Waals surface area contributed by atoms with E-state index >= 15 is 0 Å². The number of hydrogen-bond donors (Lipinski definition) is 1. The fraction of sp³-hybridized carbons (Fsp3) is 0.458. The van der Waals surface area contributed by atoms with E-state index in [0.717, 1.165) is 43.5 Å². The number of rotatable bonds is 4. The van der Waals surface area contributed by atoms with Crippen LogP contribution in [0.25, 0.3) is 0 Å². The maximum atomic E-state index is 12.6. The third-order valence-corrected chi connectivity index (χ3v) is 6.89. The molecule has 2 bridgehead atoms. The summed E-state index contributed by atoms with van der Waals surface area (Å²) in [6.07, 6.45) is 6.30. The molecule has 0 unspecified atom stereocenters. The van der Waals surface area contributed by atoms with Crippen molar-refractivity contribution in [2.45, 2.75) is 51.2 Å². The summed E-state index contributed by atoms with van der Waals surface area (Å²) < 4.78 is 0. The first-order valence-corrected chi connectivity index (χ1v) is 10.4. The number of carbonyl (C=O) groups excluding carboxylic acids is 1. The number of amides is 1. The van der Waals surface area contributed by atoms with Crippen LogP contribution in [-0.2, 0) is 19.5 Å². The number of benzene rings is 2. The summed E-state index contributed by atoms with van der Waals surface area (Å²) in [6.45, 7) is 3.06. The zero-order valence-corrected chi connectivity index (χ0v) is 15.9. The molecule has 3 aliphatic rings.